The fourth-order valence-electron chi connectivity index (χ4n) is 4.90. The Morgan fingerprint density at radius 1 is 0.973 bits per heavy atom. The van der Waals surface area contributed by atoms with Gasteiger partial charge < -0.3 is 14.2 Å². The van der Waals surface area contributed by atoms with Crippen molar-refractivity contribution in [2.75, 3.05) is 6.61 Å². The van der Waals surface area contributed by atoms with Crippen molar-refractivity contribution >= 4 is 21.6 Å². The Hall–Kier alpha value is -2.99. The van der Waals surface area contributed by atoms with Gasteiger partial charge in [-0.1, -0.05) is 42.1 Å². The van der Waals surface area contributed by atoms with E-state index in [0.29, 0.717) is 0 Å². The molecule has 0 saturated heterocycles. The largest absolute Gasteiger partial charge is 0.494 e. The van der Waals surface area contributed by atoms with E-state index >= 15 is 0 Å². The highest BCUT2D eigenvalue weighted by atomic mass is 79.9. The molecule has 2 aliphatic heterocycles. The molecule has 3 aromatic carbocycles. The zero-order chi connectivity index (χ0) is 25.8. The highest BCUT2D eigenvalue weighted by Crippen LogP contribution is 2.48. The number of fused-ring (bicyclic) bond motifs is 3. The van der Waals surface area contributed by atoms with Crippen molar-refractivity contribution in [1.29, 1.82) is 0 Å². The molecule has 5 nitrogen and oxygen atoms in total. The molecular weight excluding hydrogens is 528 g/mol. The van der Waals surface area contributed by atoms with Gasteiger partial charge in [0.1, 0.15) is 17.2 Å². The maximum atomic E-state index is 6.54. The Morgan fingerprint density at radius 3 is 2.46 bits per heavy atom. The molecule has 2 heterocycles. The molecule has 37 heavy (non-hydrogen) atoms. The molecule has 0 N–H and O–H groups in total. The number of hydrogen-bond acceptors (Lipinski definition) is 5. The van der Waals surface area contributed by atoms with Crippen LogP contribution in [0.5, 0.6) is 17.2 Å². The predicted molar refractivity (Wildman–Crippen MR) is 152 cm³/mol. The van der Waals surface area contributed by atoms with Gasteiger partial charge in [0.15, 0.2) is 0 Å². The highest BCUT2D eigenvalue weighted by Gasteiger charge is 2.41. The fraction of sp³-hybridized carbons (Fsp3) is 0.387. The fourth-order valence-corrected chi connectivity index (χ4v) is 5.28. The maximum absolute atomic E-state index is 6.54. The van der Waals surface area contributed by atoms with Crippen LogP contribution in [0.2, 0.25) is 0 Å². The number of hydrogen-bond donors (Lipinski definition) is 0. The van der Waals surface area contributed by atoms with E-state index in [1.807, 2.05) is 50.2 Å². The van der Waals surface area contributed by atoms with Gasteiger partial charge in [-0.15, -0.1) is 0 Å². The van der Waals surface area contributed by atoms with Gasteiger partial charge in [-0.2, -0.15) is 5.10 Å². The van der Waals surface area contributed by atoms with Crippen LogP contribution in [-0.4, -0.2) is 23.4 Å². The van der Waals surface area contributed by atoms with Crippen molar-refractivity contribution in [2.45, 2.75) is 71.2 Å². The van der Waals surface area contributed by atoms with E-state index in [9.17, 15) is 0 Å². The van der Waals surface area contributed by atoms with E-state index in [0.717, 1.165) is 63.6 Å². The molecule has 2 aliphatic rings. The molecule has 0 unspecified atom stereocenters. The Bertz CT molecular complexity index is 1220. The second-order valence-electron chi connectivity index (χ2n) is 9.97. The van der Waals surface area contributed by atoms with Crippen LogP contribution in [-0.2, 0) is 0 Å². The Balaban J connectivity index is 1.38. The molecule has 0 fully saturated rings. The SMILES string of the molecule is CCCCCCOc1ccc([C@H]2Oc3ccc(Br)cc3[C@H]3CC(c4ccc(OC(C)C)cc4)=NN32)cc1. The molecule has 0 spiro atoms. The first-order valence-corrected chi connectivity index (χ1v) is 14.1. The molecule has 0 aromatic heterocycles. The summed E-state index contributed by atoms with van der Waals surface area (Å²) in [6, 6.07) is 22.8. The van der Waals surface area contributed by atoms with Crippen molar-refractivity contribution < 1.29 is 14.2 Å². The molecule has 6 heteroatoms. The van der Waals surface area contributed by atoms with Gasteiger partial charge in [0.05, 0.1) is 24.5 Å². The zero-order valence-electron chi connectivity index (χ0n) is 21.8. The molecular formula is C31H35BrN2O3. The highest BCUT2D eigenvalue weighted by molar-refractivity contribution is 9.10. The van der Waals surface area contributed by atoms with Gasteiger partial charge >= 0.3 is 0 Å². The van der Waals surface area contributed by atoms with E-state index in [2.05, 4.69) is 58.2 Å². The zero-order valence-corrected chi connectivity index (χ0v) is 23.4. The lowest BCUT2D eigenvalue weighted by Gasteiger charge is -2.38. The minimum atomic E-state index is -0.307. The van der Waals surface area contributed by atoms with Crippen LogP contribution < -0.4 is 14.2 Å². The number of hydrazone groups is 1. The van der Waals surface area contributed by atoms with Crippen LogP contribution in [0.25, 0.3) is 0 Å². The van der Waals surface area contributed by atoms with Crippen LogP contribution in [0.15, 0.2) is 76.3 Å². The van der Waals surface area contributed by atoms with E-state index in [1.54, 1.807) is 0 Å². The summed E-state index contributed by atoms with van der Waals surface area (Å²) in [6.45, 7) is 7.05. The molecule has 3 aromatic rings. The number of ether oxygens (including phenoxy) is 3. The van der Waals surface area contributed by atoms with Crippen LogP contribution in [0.3, 0.4) is 0 Å². The summed E-state index contributed by atoms with van der Waals surface area (Å²) < 4.78 is 19.4. The monoisotopic (exact) mass is 562 g/mol. The first-order chi connectivity index (χ1) is 18.0. The smallest absolute Gasteiger partial charge is 0.213 e. The number of halogens is 1. The summed E-state index contributed by atoms with van der Waals surface area (Å²) >= 11 is 3.64. The lowest BCUT2D eigenvalue weighted by atomic mass is 9.96. The third kappa shape index (κ3) is 5.96. The minimum absolute atomic E-state index is 0.0994. The maximum Gasteiger partial charge on any atom is 0.213 e. The van der Waals surface area contributed by atoms with Crippen LogP contribution in [0.4, 0.5) is 0 Å². The topological polar surface area (TPSA) is 43.3 Å². The van der Waals surface area contributed by atoms with Crippen LogP contribution in [0.1, 0.15) is 81.8 Å². The molecule has 0 radical (unpaired) electrons. The lowest BCUT2D eigenvalue weighted by Crippen LogP contribution is -2.33. The van der Waals surface area contributed by atoms with Gasteiger partial charge in [-0.3, -0.25) is 0 Å². The third-order valence-corrected chi connectivity index (χ3v) is 7.24. The number of rotatable bonds is 10. The van der Waals surface area contributed by atoms with E-state index in [4.69, 9.17) is 19.3 Å². The third-order valence-electron chi connectivity index (χ3n) is 6.74. The molecule has 0 amide bonds. The summed E-state index contributed by atoms with van der Waals surface area (Å²) in [5.41, 5.74) is 4.36. The first kappa shape index (κ1) is 25.7. The second-order valence-corrected chi connectivity index (χ2v) is 10.9. The van der Waals surface area contributed by atoms with Crippen molar-refractivity contribution in [3.63, 3.8) is 0 Å². The van der Waals surface area contributed by atoms with Gasteiger partial charge in [0.25, 0.3) is 0 Å². The average molecular weight is 564 g/mol. The normalized spacial score (nSPS) is 18.2. The van der Waals surface area contributed by atoms with Crippen molar-refractivity contribution in [2.24, 2.45) is 5.10 Å². The average Bonchev–Trinajstić information content (AvgIpc) is 3.35. The number of benzene rings is 3. The molecule has 2 atom stereocenters. The summed E-state index contributed by atoms with van der Waals surface area (Å²) in [7, 11) is 0. The Kier molecular flexibility index (Phi) is 8.04. The molecule has 5 rings (SSSR count). The quantitative estimate of drug-likeness (QED) is 0.232. The first-order valence-electron chi connectivity index (χ1n) is 13.3. The van der Waals surface area contributed by atoms with Gasteiger partial charge in [0.2, 0.25) is 6.23 Å². The summed E-state index contributed by atoms with van der Waals surface area (Å²) in [5.74, 6) is 2.67. The molecule has 0 bridgehead atoms. The van der Waals surface area contributed by atoms with Crippen molar-refractivity contribution in [3.8, 4) is 17.2 Å². The summed E-state index contributed by atoms with van der Waals surface area (Å²) in [5, 5.41) is 7.21. The van der Waals surface area contributed by atoms with Crippen LogP contribution in [0, 0.1) is 0 Å². The molecule has 0 aliphatic carbocycles. The summed E-state index contributed by atoms with van der Waals surface area (Å²) in [6.07, 6.45) is 5.44. The lowest BCUT2D eigenvalue weighted by molar-refractivity contribution is -0.0191. The summed E-state index contributed by atoms with van der Waals surface area (Å²) in [4.78, 5) is 0. The van der Waals surface area contributed by atoms with E-state index < -0.39 is 0 Å². The van der Waals surface area contributed by atoms with E-state index in [-0.39, 0.29) is 18.4 Å². The minimum Gasteiger partial charge on any atom is -0.494 e. The number of unbranched alkanes of at least 4 members (excludes halogenated alkanes) is 3. The Labute approximate surface area is 228 Å². The van der Waals surface area contributed by atoms with Crippen molar-refractivity contribution in [3.05, 3.63) is 87.9 Å². The molecule has 0 saturated carbocycles. The van der Waals surface area contributed by atoms with Gasteiger partial charge in [-0.05, 0) is 92.6 Å². The number of nitrogens with zero attached hydrogens (tertiary/aromatic N) is 2. The van der Waals surface area contributed by atoms with Gasteiger partial charge in [0, 0.05) is 22.0 Å². The standard InChI is InChI=1S/C31H35BrN2O3/c1-4-5-6-7-18-35-25-13-10-23(11-14-25)31-34-29(27-19-24(32)12-17-30(27)37-31)20-28(33-34)22-8-15-26(16-9-22)36-21(2)3/h8-17,19,21,29,31H,4-7,18,20H2,1-3H3/t29-,31-/m1/s1. The van der Waals surface area contributed by atoms with Crippen molar-refractivity contribution in [1.82, 2.24) is 5.01 Å². The molecule has 194 valence electrons. The van der Waals surface area contributed by atoms with Crippen LogP contribution >= 0.6 is 15.9 Å². The second kappa shape index (κ2) is 11.6. The Morgan fingerprint density at radius 2 is 1.73 bits per heavy atom. The van der Waals surface area contributed by atoms with E-state index in [1.165, 1.54) is 19.3 Å². The predicted octanol–water partition coefficient (Wildman–Crippen LogP) is 8.44. The van der Waals surface area contributed by atoms with Gasteiger partial charge in [-0.25, -0.2) is 5.01 Å².